The van der Waals surface area contributed by atoms with E-state index in [0.29, 0.717) is 30.9 Å². The topological polar surface area (TPSA) is 83.9 Å². The van der Waals surface area contributed by atoms with E-state index < -0.39 is 11.4 Å². The number of benzene rings is 1. The SMILES string of the molecule is CCOc1ccc(C(=O)CCC(=O)N2CCC(C)(C(=O)O)C2)cc1. The number of nitrogens with zero attached hydrogens (tertiary/aromatic N) is 1. The van der Waals surface area contributed by atoms with Crippen LogP contribution in [0.1, 0.15) is 43.5 Å². The second-order valence-electron chi connectivity index (χ2n) is 6.31. The van der Waals surface area contributed by atoms with Gasteiger partial charge in [0, 0.05) is 31.5 Å². The summed E-state index contributed by atoms with van der Waals surface area (Å²) in [5.41, 5.74) is -0.336. The molecule has 1 N–H and O–H groups in total. The highest BCUT2D eigenvalue weighted by atomic mass is 16.5. The molecule has 130 valence electrons. The number of ether oxygens (including phenoxy) is 1. The van der Waals surface area contributed by atoms with Crippen molar-refractivity contribution in [2.24, 2.45) is 5.41 Å². The molecule has 1 aromatic rings. The fourth-order valence-electron chi connectivity index (χ4n) is 2.78. The van der Waals surface area contributed by atoms with Crippen LogP contribution in [0.3, 0.4) is 0 Å². The second kappa shape index (κ2) is 7.47. The van der Waals surface area contributed by atoms with Crippen LogP contribution in [-0.4, -0.2) is 47.4 Å². The molecule has 2 rings (SSSR count). The number of Topliss-reactive ketones (excluding diaryl/α,β-unsaturated/α-hetero) is 1. The lowest BCUT2D eigenvalue weighted by molar-refractivity contribution is -0.147. The predicted octanol–water partition coefficient (Wildman–Crippen LogP) is 2.37. The molecule has 0 bridgehead atoms. The zero-order valence-corrected chi connectivity index (χ0v) is 14.1. The smallest absolute Gasteiger partial charge is 0.311 e. The Hall–Kier alpha value is -2.37. The zero-order valence-electron chi connectivity index (χ0n) is 14.1. The van der Waals surface area contributed by atoms with Crippen molar-refractivity contribution in [3.63, 3.8) is 0 Å². The monoisotopic (exact) mass is 333 g/mol. The van der Waals surface area contributed by atoms with Crippen molar-refractivity contribution in [3.8, 4) is 5.75 Å². The van der Waals surface area contributed by atoms with Gasteiger partial charge in [0.2, 0.25) is 5.91 Å². The highest BCUT2D eigenvalue weighted by Gasteiger charge is 2.41. The van der Waals surface area contributed by atoms with Crippen molar-refractivity contribution >= 4 is 17.7 Å². The lowest BCUT2D eigenvalue weighted by Gasteiger charge is -2.20. The van der Waals surface area contributed by atoms with Crippen molar-refractivity contribution in [1.82, 2.24) is 4.90 Å². The van der Waals surface area contributed by atoms with Crippen LogP contribution in [0, 0.1) is 5.41 Å². The summed E-state index contributed by atoms with van der Waals surface area (Å²) in [6, 6.07) is 6.85. The number of likely N-dealkylation sites (tertiary alicyclic amines) is 1. The summed E-state index contributed by atoms with van der Waals surface area (Å²) in [6.07, 6.45) is 0.662. The Morgan fingerprint density at radius 2 is 1.88 bits per heavy atom. The maximum absolute atomic E-state index is 12.2. The molecule has 6 nitrogen and oxygen atoms in total. The molecular formula is C18H23NO5. The molecule has 1 aromatic carbocycles. The fraction of sp³-hybridized carbons (Fsp3) is 0.500. The van der Waals surface area contributed by atoms with E-state index in [9.17, 15) is 19.5 Å². The van der Waals surface area contributed by atoms with Gasteiger partial charge in [-0.15, -0.1) is 0 Å². The molecule has 1 amide bonds. The van der Waals surface area contributed by atoms with Gasteiger partial charge < -0.3 is 14.7 Å². The van der Waals surface area contributed by atoms with Crippen molar-refractivity contribution in [1.29, 1.82) is 0 Å². The summed E-state index contributed by atoms with van der Waals surface area (Å²) in [5, 5.41) is 9.20. The highest BCUT2D eigenvalue weighted by Crippen LogP contribution is 2.30. The number of amides is 1. The third-order valence-electron chi connectivity index (χ3n) is 4.40. The molecule has 0 radical (unpaired) electrons. The van der Waals surface area contributed by atoms with Gasteiger partial charge in [0.25, 0.3) is 0 Å². The summed E-state index contributed by atoms with van der Waals surface area (Å²) < 4.78 is 5.33. The van der Waals surface area contributed by atoms with E-state index in [4.69, 9.17) is 4.74 Å². The molecule has 24 heavy (non-hydrogen) atoms. The largest absolute Gasteiger partial charge is 0.494 e. The van der Waals surface area contributed by atoms with Gasteiger partial charge in [0.05, 0.1) is 12.0 Å². The molecule has 1 aliphatic rings. The number of hydrogen-bond donors (Lipinski definition) is 1. The Labute approximate surface area is 141 Å². The van der Waals surface area contributed by atoms with E-state index >= 15 is 0 Å². The summed E-state index contributed by atoms with van der Waals surface area (Å²) in [7, 11) is 0. The lowest BCUT2D eigenvalue weighted by Crippen LogP contribution is -2.34. The van der Waals surface area contributed by atoms with E-state index in [1.54, 1.807) is 36.1 Å². The number of carboxylic acids is 1. The number of carbonyl (C=O) groups excluding carboxylic acids is 2. The van der Waals surface area contributed by atoms with E-state index in [1.165, 1.54) is 0 Å². The third kappa shape index (κ3) is 4.13. The number of carbonyl (C=O) groups is 3. The van der Waals surface area contributed by atoms with E-state index in [2.05, 4.69) is 0 Å². The number of rotatable bonds is 7. The summed E-state index contributed by atoms with van der Waals surface area (Å²) in [4.78, 5) is 37.1. The molecule has 1 aliphatic heterocycles. The van der Waals surface area contributed by atoms with E-state index in [0.717, 1.165) is 0 Å². The number of hydrogen-bond acceptors (Lipinski definition) is 4. The van der Waals surface area contributed by atoms with Gasteiger partial charge in [-0.25, -0.2) is 0 Å². The van der Waals surface area contributed by atoms with Gasteiger partial charge in [-0.3, -0.25) is 14.4 Å². The molecule has 1 saturated heterocycles. The Kier molecular flexibility index (Phi) is 5.59. The summed E-state index contributed by atoms with van der Waals surface area (Å²) >= 11 is 0. The van der Waals surface area contributed by atoms with Gasteiger partial charge in [0.15, 0.2) is 5.78 Å². The van der Waals surface area contributed by atoms with E-state index in [1.807, 2.05) is 6.92 Å². The molecule has 6 heteroatoms. The van der Waals surface area contributed by atoms with Gasteiger partial charge in [-0.2, -0.15) is 0 Å². The van der Waals surface area contributed by atoms with Crippen molar-refractivity contribution in [3.05, 3.63) is 29.8 Å². The molecule has 0 saturated carbocycles. The van der Waals surface area contributed by atoms with Crippen LogP contribution in [0.5, 0.6) is 5.75 Å². The average molecular weight is 333 g/mol. The Morgan fingerprint density at radius 1 is 1.21 bits per heavy atom. The van der Waals surface area contributed by atoms with Gasteiger partial charge in [0.1, 0.15) is 5.75 Å². The predicted molar refractivity (Wildman–Crippen MR) is 88.1 cm³/mol. The van der Waals surface area contributed by atoms with Crippen LogP contribution >= 0.6 is 0 Å². The van der Waals surface area contributed by atoms with Gasteiger partial charge in [-0.1, -0.05) is 0 Å². The van der Waals surface area contributed by atoms with Crippen molar-refractivity contribution in [2.45, 2.75) is 33.1 Å². The molecule has 1 unspecified atom stereocenters. The molecule has 0 spiro atoms. The van der Waals surface area contributed by atoms with Gasteiger partial charge >= 0.3 is 5.97 Å². The molecular weight excluding hydrogens is 310 g/mol. The molecule has 1 fully saturated rings. The average Bonchev–Trinajstić information content (AvgIpc) is 2.97. The summed E-state index contributed by atoms with van der Waals surface area (Å²) in [5.74, 6) is -0.454. The zero-order chi connectivity index (χ0) is 17.7. The normalized spacial score (nSPS) is 20.0. The Morgan fingerprint density at radius 3 is 2.42 bits per heavy atom. The first-order valence-corrected chi connectivity index (χ1v) is 8.13. The first-order valence-electron chi connectivity index (χ1n) is 8.13. The van der Waals surface area contributed by atoms with E-state index in [-0.39, 0.29) is 31.1 Å². The molecule has 0 aliphatic carbocycles. The molecule has 1 atom stereocenters. The first kappa shape index (κ1) is 18.0. The van der Waals surface area contributed by atoms with Crippen LogP contribution in [-0.2, 0) is 9.59 Å². The fourth-order valence-corrected chi connectivity index (χ4v) is 2.78. The van der Waals surface area contributed by atoms with Crippen LogP contribution in [0.15, 0.2) is 24.3 Å². The maximum Gasteiger partial charge on any atom is 0.311 e. The number of aliphatic carboxylic acids is 1. The van der Waals surface area contributed by atoms with Crippen LogP contribution in [0.25, 0.3) is 0 Å². The first-order chi connectivity index (χ1) is 11.4. The lowest BCUT2D eigenvalue weighted by atomic mass is 9.90. The minimum Gasteiger partial charge on any atom is -0.494 e. The van der Waals surface area contributed by atoms with Crippen LogP contribution < -0.4 is 4.74 Å². The minimum atomic E-state index is -0.886. The minimum absolute atomic E-state index is 0.0990. The molecule has 0 aromatic heterocycles. The van der Waals surface area contributed by atoms with Gasteiger partial charge in [-0.05, 0) is 44.5 Å². The van der Waals surface area contributed by atoms with Crippen LogP contribution in [0.4, 0.5) is 0 Å². The number of carboxylic acid groups (broad SMARTS) is 1. The quantitative estimate of drug-likeness (QED) is 0.775. The maximum atomic E-state index is 12.2. The second-order valence-corrected chi connectivity index (χ2v) is 6.31. The standard InChI is InChI=1S/C18H23NO5/c1-3-24-14-6-4-13(5-7-14)15(20)8-9-16(21)19-11-10-18(2,12-19)17(22)23/h4-7H,3,8-12H2,1-2H3,(H,22,23). The van der Waals surface area contributed by atoms with Crippen LogP contribution in [0.2, 0.25) is 0 Å². The van der Waals surface area contributed by atoms with Crippen molar-refractivity contribution < 1.29 is 24.2 Å². The Bertz CT molecular complexity index is 625. The summed E-state index contributed by atoms with van der Waals surface area (Å²) in [6.45, 7) is 4.73. The Balaban J connectivity index is 1.85. The third-order valence-corrected chi connectivity index (χ3v) is 4.40. The highest BCUT2D eigenvalue weighted by molar-refractivity contribution is 5.98. The molecule has 1 heterocycles. The van der Waals surface area contributed by atoms with Crippen molar-refractivity contribution in [2.75, 3.05) is 19.7 Å². The number of ketones is 1.